The van der Waals surface area contributed by atoms with Crippen LogP contribution in [0, 0.1) is 0 Å². The molecular weight excluding hydrogens is 1010 g/mol. The first-order valence-corrected chi connectivity index (χ1v) is 30.2. The number of nitrogens with zero attached hydrogens (tertiary/aromatic N) is 3. The van der Waals surface area contributed by atoms with Gasteiger partial charge in [0, 0.05) is 56.0 Å². The fourth-order valence-corrected chi connectivity index (χ4v) is 12.9. The number of para-hydroxylation sites is 3. The van der Waals surface area contributed by atoms with Crippen molar-refractivity contribution < 1.29 is 4.42 Å². The molecule has 83 heavy (non-hydrogen) atoms. The average molecular weight is 1090 g/mol. The summed E-state index contributed by atoms with van der Waals surface area (Å²) < 4.78 is 7.32. The molecule has 4 nitrogen and oxygen atoms in total. The summed E-state index contributed by atoms with van der Waals surface area (Å²) in [6.45, 7) is 41.7. The number of anilines is 9. The summed E-state index contributed by atoms with van der Waals surface area (Å²) in [5.41, 5.74) is 25.4. The van der Waals surface area contributed by atoms with E-state index in [1.807, 2.05) is 0 Å². The molecule has 0 saturated heterocycles. The summed E-state index contributed by atoms with van der Waals surface area (Å²) in [5, 5.41) is 2.22. The average Bonchev–Trinajstić information content (AvgIpc) is 1.63. The van der Waals surface area contributed by atoms with Crippen molar-refractivity contribution in [2.24, 2.45) is 0 Å². The zero-order valence-corrected chi connectivity index (χ0v) is 52.6. The minimum Gasteiger partial charge on any atom is -0.454 e. The van der Waals surface area contributed by atoms with Crippen LogP contribution in [0.3, 0.4) is 0 Å². The van der Waals surface area contributed by atoms with Gasteiger partial charge in [0.15, 0.2) is 5.58 Å². The number of hydrogen-bond donors (Lipinski definition) is 0. The Morgan fingerprint density at radius 1 is 0.349 bits per heavy atom. The van der Waals surface area contributed by atoms with Gasteiger partial charge >= 0.3 is 0 Å². The quantitative estimate of drug-likeness (QED) is 0.155. The molecule has 10 aromatic rings. The smallest absolute Gasteiger partial charge is 0.252 e. The number of hydrogen-bond acceptors (Lipinski definition) is 4. The van der Waals surface area contributed by atoms with Crippen molar-refractivity contribution in [2.75, 3.05) is 14.7 Å². The molecule has 0 atom stereocenters. The molecule has 0 radical (unpaired) electrons. The lowest BCUT2D eigenvalue weighted by Crippen LogP contribution is -2.61. The highest BCUT2D eigenvalue weighted by Crippen LogP contribution is 2.52. The first-order valence-electron chi connectivity index (χ1n) is 30.2. The van der Waals surface area contributed by atoms with Crippen molar-refractivity contribution in [2.45, 2.75) is 157 Å². The van der Waals surface area contributed by atoms with Crippen LogP contribution in [0.15, 0.2) is 186 Å². The molecule has 420 valence electrons. The zero-order valence-electron chi connectivity index (χ0n) is 52.6. The molecule has 12 rings (SSSR count). The topological polar surface area (TPSA) is 22.9 Å². The van der Waals surface area contributed by atoms with Crippen LogP contribution < -0.4 is 31.1 Å². The highest BCUT2D eigenvalue weighted by Gasteiger charge is 2.46. The molecule has 0 aliphatic carbocycles. The Labute approximate surface area is 496 Å². The summed E-state index contributed by atoms with van der Waals surface area (Å²) >= 11 is 0. The first-order chi connectivity index (χ1) is 39.0. The van der Waals surface area contributed by atoms with Gasteiger partial charge in [-0.3, -0.25) is 0 Å². The van der Waals surface area contributed by atoms with Gasteiger partial charge in [-0.05, 0) is 149 Å². The van der Waals surface area contributed by atoms with E-state index in [-0.39, 0.29) is 39.2 Å². The normalized spacial score (nSPS) is 13.8. The monoisotopic (exact) mass is 1090 g/mol. The maximum atomic E-state index is 7.32. The second-order valence-corrected chi connectivity index (χ2v) is 30.0. The van der Waals surface area contributed by atoms with Crippen LogP contribution in [0.25, 0.3) is 33.1 Å². The van der Waals surface area contributed by atoms with Crippen molar-refractivity contribution in [1.82, 2.24) is 0 Å². The number of rotatable bonds is 6. The summed E-state index contributed by atoms with van der Waals surface area (Å²) in [6, 6.07) is 70.1. The minimum atomic E-state index is -0.130. The van der Waals surface area contributed by atoms with E-state index in [0.717, 1.165) is 61.8 Å². The second-order valence-electron chi connectivity index (χ2n) is 30.0. The van der Waals surface area contributed by atoms with Crippen LogP contribution in [0.4, 0.5) is 51.2 Å². The number of benzene rings is 9. The highest BCUT2D eigenvalue weighted by atomic mass is 16.3. The highest BCUT2D eigenvalue weighted by molar-refractivity contribution is 7.00. The van der Waals surface area contributed by atoms with Gasteiger partial charge in [0.2, 0.25) is 0 Å². The van der Waals surface area contributed by atoms with Crippen LogP contribution in [-0.2, 0) is 32.5 Å². The molecule has 0 spiro atoms. The van der Waals surface area contributed by atoms with Crippen LogP contribution in [0.5, 0.6) is 0 Å². The van der Waals surface area contributed by atoms with E-state index in [1.165, 1.54) is 72.3 Å². The third kappa shape index (κ3) is 9.76. The molecule has 5 heteroatoms. The Morgan fingerprint density at radius 3 is 1.34 bits per heavy atom. The summed E-state index contributed by atoms with van der Waals surface area (Å²) in [5.74, 6) is 0. The first kappa shape index (κ1) is 55.8. The van der Waals surface area contributed by atoms with Gasteiger partial charge in [-0.15, -0.1) is 0 Å². The Morgan fingerprint density at radius 2 is 0.807 bits per heavy atom. The summed E-state index contributed by atoms with van der Waals surface area (Å²) in [6.07, 6.45) is 0. The molecule has 0 saturated carbocycles. The minimum absolute atomic E-state index is 0.00794. The van der Waals surface area contributed by atoms with E-state index in [0.29, 0.717) is 0 Å². The van der Waals surface area contributed by atoms with Crippen molar-refractivity contribution in [3.05, 3.63) is 215 Å². The third-order valence-electron chi connectivity index (χ3n) is 17.8. The summed E-state index contributed by atoms with van der Waals surface area (Å²) in [4.78, 5) is 7.68. The molecule has 0 bridgehead atoms. The van der Waals surface area contributed by atoms with Gasteiger partial charge < -0.3 is 19.1 Å². The van der Waals surface area contributed by atoms with E-state index >= 15 is 0 Å². The van der Waals surface area contributed by atoms with E-state index in [1.54, 1.807) is 0 Å². The van der Waals surface area contributed by atoms with Gasteiger partial charge in [-0.2, -0.15) is 0 Å². The fourth-order valence-electron chi connectivity index (χ4n) is 12.9. The second kappa shape index (κ2) is 19.4. The van der Waals surface area contributed by atoms with Gasteiger partial charge in [-0.1, -0.05) is 240 Å². The Bertz CT molecular complexity index is 4140. The lowest BCUT2D eigenvalue weighted by atomic mass is 9.33. The molecule has 0 N–H and O–H groups in total. The van der Waals surface area contributed by atoms with E-state index in [9.17, 15) is 0 Å². The zero-order chi connectivity index (χ0) is 59.1. The van der Waals surface area contributed by atoms with Crippen molar-refractivity contribution in [1.29, 1.82) is 0 Å². The van der Waals surface area contributed by atoms with Gasteiger partial charge in [0.1, 0.15) is 5.58 Å². The van der Waals surface area contributed by atoms with Crippen LogP contribution in [0.1, 0.15) is 158 Å². The molecule has 0 unspecified atom stereocenters. The van der Waals surface area contributed by atoms with Crippen molar-refractivity contribution in [3.63, 3.8) is 0 Å². The lowest BCUT2D eigenvalue weighted by molar-refractivity contribution is 0.573. The van der Waals surface area contributed by atoms with E-state index in [2.05, 4.69) is 321 Å². The molecule has 1 aromatic heterocycles. The maximum Gasteiger partial charge on any atom is 0.252 e. The molecular formula is C78H84BN3O. The van der Waals surface area contributed by atoms with Crippen LogP contribution in [-0.4, -0.2) is 6.71 Å². The van der Waals surface area contributed by atoms with E-state index < -0.39 is 0 Å². The van der Waals surface area contributed by atoms with Crippen LogP contribution >= 0.6 is 0 Å². The fraction of sp³-hybridized carbons (Fsp3) is 0.308. The van der Waals surface area contributed by atoms with Crippen LogP contribution in [0.2, 0.25) is 0 Å². The Hall–Kier alpha value is -7.76. The Balaban J connectivity index is 1.25. The molecule has 2 aliphatic heterocycles. The lowest BCUT2D eigenvalue weighted by Gasteiger charge is -2.46. The summed E-state index contributed by atoms with van der Waals surface area (Å²) in [7, 11) is 0. The van der Waals surface area contributed by atoms with E-state index in [4.69, 9.17) is 4.42 Å². The molecule has 0 amide bonds. The van der Waals surface area contributed by atoms with Crippen molar-refractivity contribution in [3.8, 4) is 11.1 Å². The standard InChI is InChI=1S/C78H84BN3O/c1-73(2,3)50-32-30-49(31-33-50)60-44-52(75(7,8)9)36-41-64(60)82-66-43-38-54(77(13,14)15)46-63(66)79-62-45-53(76(10,11)12)37-42-65(62)81(56-39-34-51(35-40-56)74(4,5)6)68-47-57(48-69(82)70(68)79)80(55-24-20-19-21-25-55)67-29-23-27-59-58-26-22-28-61(78(16,17)18)71(58)83-72(59)67/h19-48H,1-18H3. The number of furan rings is 1. The molecule has 2 aliphatic rings. The Kier molecular flexibility index (Phi) is 13.0. The predicted molar refractivity (Wildman–Crippen MR) is 360 cm³/mol. The molecule has 3 heterocycles. The van der Waals surface area contributed by atoms with Crippen molar-refractivity contribution >= 4 is 96.2 Å². The van der Waals surface area contributed by atoms with Gasteiger partial charge in [-0.25, -0.2) is 0 Å². The molecule has 0 fully saturated rings. The number of fused-ring (bicyclic) bond motifs is 7. The predicted octanol–water partition coefficient (Wildman–Crippen LogP) is 20.6. The molecule has 9 aromatic carbocycles. The maximum absolute atomic E-state index is 7.32. The SMILES string of the molecule is CC(C)(C)c1ccc(-c2cc(C(C)(C)C)ccc2N2c3ccc(C(C)(C)C)cc3B3c4cc(C(C)(C)C)ccc4N(c4ccc(C(C)(C)C)cc4)c4cc(N(c5ccccc5)c5cccc6c5oc5c(C(C)(C)C)cccc56)cc2c43)cc1. The largest absolute Gasteiger partial charge is 0.454 e. The third-order valence-corrected chi connectivity index (χ3v) is 17.8. The van der Waals surface area contributed by atoms with Gasteiger partial charge in [0.05, 0.1) is 17.1 Å². The van der Waals surface area contributed by atoms with Gasteiger partial charge in [0.25, 0.3) is 6.71 Å².